The Morgan fingerprint density at radius 2 is 2.18 bits per heavy atom. The number of rotatable bonds is 2. The molecule has 0 atom stereocenters. The van der Waals surface area contributed by atoms with Gasteiger partial charge in [-0.1, -0.05) is 0 Å². The van der Waals surface area contributed by atoms with Crippen LogP contribution >= 0.6 is 11.3 Å². The van der Waals surface area contributed by atoms with Gasteiger partial charge in [0.25, 0.3) is 11.8 Å². The zero-order chi connectivity index (χ0) is 15.9. The molecule has 0 saturated heterocycles. The maximum atomic E-state index is 12.6. The number of aryl methyl sites for hydroxylation is 1. The van der Waals surface area contributed by atoms with E-state index in [9.17, 15) is 9.59 Å². The molecule has 2 aromatic heterocycles. The molecule has 1 aliphatic rings. The molecule has 22 heavy (non-hydrogen) atoms. The summed E-state index contributed by atoms with van der Waals surface area (Å²) in [4.78, 5) is 27.7. The Balaban J connectivity index is 1.88. The molecule has 2 aromatic rings. The molecule has 1 aliphatic heterocycles. The fourth-order valence-corrected chi connectivity index (χ4v) is 4.00. The summed E-state index contributed by atoms with van der Waals surface area (Å²) in [5.74, 6) is -0.492. The smallest absolute Gasteiger partial charge is 0.284 e. The van der Waals surface area contributed by atoms with Gasteiger partial charge in [0, 0.05) is 31.2 Å². The number of nitrogens with zero attached hydrogens (tertiary/aromatic N) is 2. The second-order valence-electron chi connectivity index (χ2n) is 5.38. The minimum atomic E-state index is -0.489. The lowest BCUT2D eigenvalue weighted by molar-refractivity contribution is 0.0710. The van der Waals surface area contributed by atoms with Gasteiger partial charge in [0.1, 0.15) is 5.69 Å². The van der Waals surface area contributed by atoms with Crippen LogP contribution in [0.1, 0.15) is 36.2 Å². The van der Waals surface area contributed by atoms with Gasteiger partial charge >= 0.3 is 0 Å². The fraction of sp³-hybridized carbons (Fsp3) is 0.333. The largest absolute Gasteiger partial charge is 0.347 e. The molecule has 0 bridgehead atoms. The Hall–Kier alpha value is -2.12. The second kappa shape index (κ2) is 5.58. The lowest BCUT2D eigenvalue weighted by Gasteiger charge is -2.27. The molecule has 3 rings (SSSR count). The van der Waals surface area contributed by atoms with Gasteiger partial charge in [0.05, 0.1) is 4.88 Å². The van der Waals surface area contributed by atoms with E-state index in [0.29, 0.717) is 23.7 Å². The summed E-state index contributed by atoms with van der Waals surface area (Å²) in [7, 11) is 1.85. The Morgan fingerprint density at radius 3 is 2.82 bits per heavy atom. The van der Waals surface area contributed by atoms with Crippen LogP contribution in [0.25, 0.3) is 0 Å². The maximum absolute atomic E-state index is 12.6. The van der Waals surface area contributed by atoms with Gasteiger partial charge in [-0.25, -0.2) is 5.48 Å². The van der Waals surface area contributed by atoms with Gasteiger partial charge in [0.2, 0.25) is 0 Å². The van der Waals surface area contributed by atoms with E-state index in [1.54, 1.807) is 10.4 Å². The normalized spacial score (nSPS) is 13.9. The van der Waals surface area contributed by atoms with Crippen molar-refractivity contribution in [3.05, 3.63) is 44.9 Å². The van der Waals surface area contributed by atoms with E-state index >= 15 is 0 Å². The van der Waals surface area contributed by atoms with E-state index in [2.05, 4.69) is 0 Å². The average Bonchev–Trinajstić information content (AvgIpc) is 3.09. The molecule has 3 heterocycles. The van der Waals surface area contributed by atoms with Crippen molar-refractivity contribution >= 4 is 23.2 Å². The van der Waals surface area contributed by atoms with Crippen LogP contribution in [0.5, 0.6) is 0 Å². The van der Waals surface area contributed by atoms with E-state index in [1.165, 1.54) is 11.3 Å². The highest BCUT2D eigenvalue weighted by atomic mass is 32.1. The minimum absolute atomic E-state index is 0.00286. The van der Waals surface area contributed by atoms with Gasteiger partial charge in [0.15, 0.2) is 0 Å². The van der Waals surface area contributed by atoms with Crippen molar-refractivity contribution in [1.29, 1.82) is 0 Å². The van der Waals surface area contributed by atoms with Crippen molar-refractivity contribution in [2.24, 2.45) is 7.05 Å². The third-order valence-electron chi connectivity index (χ3n) is 4.07. The summed E-state index contributed by atoms with van der Waals surface area (Å²) < 4.78 is 1.81. The third kappa shape index (κ3) is 2.32. The number of nitrogens with one attached hydrogen (secondary N) is 1. The highest BCUT2D eigenvalue weighted by Crippen LogP contribution is 2.33. The molecule has 116 valence electrons. The zero-order valence-corrected chi connectivity index (χ0v) is 13.2. The number of amides is 2. The molecule has 2 amide bonds. The first-order valence-corrected chi connectivity index (χ1v) is 7.80. The summed E-state index contributed by atoms with van der Waals surface area (Å²) in [6, 6.07) is 3.66. The van der Waals surface area contributed by atoms with Crippen LogP contribution < -0.4 is 5.48 Å². The topological polar surface area (TPSA) is 74.6 Å². The summed E-state index contributed by atoms with van der Waals surface area (Å²) >= 11 is 1.39. The first-order valence-electron chi connectivity index (χ1n) is 6.99. The summed E-state index contributed by atoms with van der Waals surface area (Å²) in [5.41, 5.74) is 4.21. The molecule has 6 nitrogen and oxygen atoms in total. The summed E-state index contributed by atoms with van der Waals surface area (Å²) in [6.07, 6.45) is 2.58. The number of thiophene rings is 1. The Labute approximate surface area is 131 Å². The van der Waals surface area contributed by atoms with E-state index in [0.717, 1.165) is 22.4 Å². The van der Waals surface area contributed by atoms with E-state index < -0.39 is 5.91 Å². The number of hydrogen-bond acceptors (Lipinski definition) is 4. The van der Waals surface area contributed by atoms with Gasteiger partial charge < -0.3 is 9.47 Å². The van der Waals surface area contributed by atoms with Crippen LogP contribution in [-0.2, 0) is 20.0 Å². The van der Waals surface area contributed by atoms with Crippen molar-refractivity contribution in [1.82, 2.24) is 14.9 Å². The van der Waals surface area contributed by atoms with Crippen molar-refractivity contribution in [2.75, 3.05) is 6.54 Å². The zero-order valence-electron chi connectivity index (χ0n) is 12.4. The molecule has 7 heteroatoms. The van der Waals surface area contributed by atoms with Crippen LogP contribution in [0.4, 0.5) is 0 Å². The maximum Gasteiger partial charge on any atom is 0.284 e. The molecular weight excluding hydrogens is 302 g/mol. The number of carbonyl (C=O) groups is 2. The molecule has 0 spiro atoms. The third-order valence-corrected chi connectivity index (χ3v) is 5.46. The molecule has 2 N–H and O–H groups in total. The molecule has 0 unspecified atom stereocenters. The molecule has 0 saturated carbocycles. The Kier molecular flexibility index (Phi) is 3.76. The summed E-state index contributed by atoms with van der Waals surface area (Å²) in [5, 5.41) is 8.81. The highest BCUT2D eigenvalue weighted by molar-refractivity contribution is 7.14. The van der Waals surface area contributed by atoms with Crippen molar-refractivity contribution < 1.29 is 14.8 Å². The van der Waals surface area contributed by atoms with E-state index in [1.807, 2.05) is 36.9 Å². The number of aromatic nitrogens is 1. The van der Waals surface area contributed by atoms with Crippen LogP contribution in [-0.4, -0.2) is 33.0 Å². The molecule has 0 aromatic carbocycles. The highest BCUT2D eigenvalue weighted by Gasteiger charge is 2.28. The number of hydroxylamine groups is 1. The fourth-order valence-electron chi connectivity index (χ4n) is 2.81. The molecule has 0 aliphatic carbocycles. The minimum Gasteiger partial charge on any atom is -0.347 e. The quantitative estimate of drug-likeness (QED) is 0.654. The van der Waals surface area contributed by atoms with E-state index in [-0.39, 0.29) is 5.91 Å². The van der Waals surface area contributed by atoms with Crippen molar-refractivity contribution in [3.63, 3.8) is 0 Å². The second-order valence-corrected chi connectivity index (χ2v) is 6.49. The predicted molar refractivity (Wildman–Crippen MR) is 82.2 cm³/mol. The van der Waals surface area contributed by atoms with Crippen molar-refractivity contribution in [2.45, 2.75) is 19.9 Å². The van der Waals surface area contributed by atoms with Crippen molar-refractivity contribution in [3.8, 4) is 0 Å². The van der Waals surface area contributed by atoms with Crippen LogP contribution in [0.15, 0.2) is 18.3 Å². The van der Waals surface area contributed by atoms with Crippen LogP contribution in [0.3, 0.4) is 0 Å². The number of fused-ring (bicyclic) bond motifs is 1. The Morgan fingerprint density at radius 1 is 1.41 bits per heavy atom. The lowest BCUT2D eigenvalue weighted by atomic mass is 10.0. The molecule has 0 radical (unpaired) electrons. The van der Waals surface area contributed by atoms with Gasteiger partial charge in [-0.2, -0.15) is 0 Å². The predicted octanol–water partition coefficient (Wildman–Crippen LogP) is 1.71. The van der Waals surface area contributed by atoms with Crippen LogP contribution in [0, 0.1) is 6.92 Å². The summed E-state index contributed by atoms with van der Waals surface area (Å²) in [6.45, 7) is 2.99. The standard InChI is InChI=1S/C15H17N3O3S/c1-9-10-8-18(15(20)11-4-3-6-17(11)2)7-5-12(10)22-13(9)14(19)16-21/h3-4,6,21H,5,7-8H2,1-2H3,(H,16,19). The number of hydrogen-bond donors (Lipinski definition) is 2. The number of carbonyl (C=O) groups excluding carboxylic acids is 2. The van der Waals surface area contributed by atoms with Gasteiger partial charge in [-0.3, -0.25) is 14.8 Å². The molecular formula is C15H17N3O3S. The van der Waals surface area contributed by atoms with E-state index in [4.69, 9.17) is 5.21 Å². The first-order chi connectivity index (χ1) is 10.5. The lowest BCUT2D eigenvalue weighted by Crippen LogP contribution is -2.36. The van der Waals surface area contributed by atoms with Gasteiger partial charge in [-0.05, 0) is 36.6 Å². The average molecular weight is 319 g/mol. The van der Waals surface area contributed by atoms with Crippen LogP contribution in [0.2, 0.25) is 0 Å². The molecule has 0 fully saturated rings. The monoisotopic (exact) mass is 319 g/mol. The first kappa shape index (κ1) is 14.8. The SMILES string of the molecule is Cc1c(C(=O)NO)sc2c1CN(C(=O)c1cccn1C)CC2. The Bertz CT molecular complexity index is 747. The van der Waals surface area contributed by atoms with Gasteiger partial charge in [-0.15, -0.1) is 11.3 Å².